The molecule has 10 nitrogen and oxygen atoms in total. The third-order valence-electron chi connectivity index (χ3n) is 5.76. The third-order valence-corrected chi connectivity index (χ3v) is 6.50. The highest BCUT2D eigenvalue weighted by atomic mass is 35.5. The fourth-order valence-corrected chi connectivity index (χ4v) is 4.55. The van der Waals surface area contributed by atoms with Crippen LogP contribution < -0.4 is 37.6 Å². The van der Waals surface area contributed by atoms with E-state index in [0.29, 0.717) is 47.5 Å². The van der Waals surface area contributed by atoms with Gasteiger partial charge in [0, 0.05) is 56.0 Å². The van der Waals surface area contributed by atoms with Crippen LogP contribution in [0.15, 0.2) is 18.2 Å². The Kier molecular flexibility index (Phi) is 7.18. The van der Waals surface area contributed by atoms with Crippen molar-refractivity contribution < 1.29 is 0 Å². The molecule has 4 atom stereocenters. The van der Waals surface area contributed by atoms with Crippen molar-refractivity contribution in [2.24, 2.45) is 17.2 Å². The van der Waals surface area contributed by atoms with Gasteiger partial charge >= 0.3 is 0 Å². The highest BCUT2D eigenvalue weighted by Crippen LogP contribution is 2.28. The van der Waals surface area contributed by atoms with Crippen molar-refractivity contribution in [2.75, 3.05) is 48.3 Å². The number of anilines is 4. The lowest BCUT2D eigenvalue weighted by Gasteiger charge is -2.37. The summed E-state index contributed by atoms with van der Waals surface area (Å²) < 4.78 is 0. The predicted octanol–water partition coefficient (Wildman–Crippen LogP) is 0.912. The molecular weight excluding hydrogens is 451 g/mol. The van der Waals surface area contributed by atoms with Crippen LogP contribution in [0.25, 0.3) is 0 Å². The lowest BCUT2D eigenvalue weighted by atomic mass is 10.0. The van der Waals surface area contributed by atoms with Crippen molar-refractivity contribution in [3.63, 3.8) is 0 Å². The normalized spacial score (nSPS) is 26.3. The van der Waals surface area contributed by atoms with Crippen molar-refractivity contribution in [1.29, 1.82) is 0 Å². The van der Waals surface area contributed by atoms with Crippen molar-refractivity contribution in [2.45, 2.75) is 37.0 Å². The van der Waals surface area contributed by atoms with Crippen molar-refractivity contribution in [3.8, 4) is 0 Å². The number of piperidine rings is 2. The van der Waals surface area contributed by atoms with E-state index >= 15 is 0 Å². The minimum Gasteiger partial charge on any atom is -0.338 e. The maximum Gasteiger partial charge on any atom is 0.233 e. The second-order valence-electron chi connectivity index (χ2n) is 8.56. The molecule has 2 fully saturated rings. The van der Waals surface area contributed by atoms with Crippen LogP contribution in [0.1, 0.15) is 12.8 Å². The molecular formula is C20H30Cl2N10. The third kappa shape index (κ3) is 5.51. The largest absolute Gasteiger partial charge is 0.338 e. The molecule has 0 unspecified atom stereocenters. The number of nitrogens with zero attached hydrogens (tertiary/aromatic N) is 5. The smallest absolute Gasteiger partial charge is 0.233 e. The number of benzene rings is 1. The Balaban J connectivity index is 1.68. The van der Waals surface area contributed by atoms with Gasteiger partial charge in [0.1, 0.15) is 0 Å². The van der Waals surface area contributed by atoms with Gasteiger partial charge in [0.2, 0.25) is 17.8 Å². The lowest BCUT2D eigenvalue weighted by molar-refractivity contribution is 0.404. The first kappa shape index (κ1) is 23.2. The number of likely N-dealkylation sites (N-methyl/N-ethyl adjacent to an activating group) is 1. The Bertz CT molecular complexity index is 935. The fourth-order valence-electron chi connectivity index (χ4n) is 4.25. The SMILES string of the molecule is CN[C@H]1C[C@@H](N)CN(c2nc(Nc3ccc(Cl)c(Cl)c3)nc(N3C[C@H](N)C[C@H](N)C3)n2)C1. The van der Waals surface area contributed by atoms with Gasteiger partial charge in [-0.25, -0.2) is 0 Å². The van der Waals surface area contributed by atoms with Crippen LogP contribution in [0.2, 0.25) is 10.0 Å². The molecule has 3 heterocycles. The molecule has 1 aromatic heterocycles. The van der Waals surface area contributed by atoms with Crippen LogP contribution in [0, 0.1) is 0 Å². The van der Waals surface area contributed by atoms with E-state index in [2.05, 4.69) is 25.5 Å². The van der Waals surface area contributed by atoms with E-state index in [9.17, 15) is 0 Å². The van der Waals surface area contributed by atoms with Gasteiger partial charge in [0.05, 0.1) is 10.0 Å². The second-order valence-corrected chi connectivity index (χ2v) is 9.37. The summed E-state index contributed by atoms with van der Waals surface area (Å²) in [5.41, 5.74) is 19.4. The van der Waals surface area contributed by atoms with Gasteiger partial charge in [0.15, 0.2) is 0 Å². The van der Waals surface area contributed by atoms with Crippen LogP contribution in [0.3, 0.4) is 0 Å². The van der Waals surface area contributed by atoms with Gasteiger partial charge in [-0.3, -0.25) is 0 Å². The number of nitrogens with one attached hydrogen (secondary N) is 2. The first-order valence-corrected chi connectivity index (χ1v) is 11.5. The summed E-state index contributed by atoms with van der Waals surface area (Å²) in [4.78, 5) is 18.2. The van der Waals surface area contributed by atoms with Gasteiger partial charge in [0.25, 0.3) is 0 Å². The summed E-state index contributed by atoms with van der Waals surface area (Å²) in [6.45, 7) is 2.66. The molecule has 0 bridgehead atoms. The molecule has 4 rings (SSSR count). The highest BCUT2D eigenvalue weighted by Gasteiger charge is 2.29. The second kappa shape index (κ2) is 9.90. The molecule has 1 aromatic carbocycles. The van der Waals surface area contributed by atoms with Crippen LogP contribution >= 0.6 is 23.2 Å². The van der Waals surface area contributed by atoms with Gasteiger partial charge < -0.3 is 37.6 Å². The standard InChI is InChI=1S/C20H30Cl2N10/c1-26-15-5-13(25)9-32(10-15)20-29-18(27-14-2-3-16(21)17(22)6-14)28-19(30-20)31-7-11(23)4-12(24)8-31/h2-3,6,11-13,15,26H,4-5,7-10,23-25H2,1H3,(H,27,28,29,30)/t11-,12+,13-,15+/m1/s1. The number of nitrogens with two attached hydrogens (primary N) is 3. The molecule has 0 amide bonds. The zero-order valence-corrected chi connectivity index (χ0v) is 19.5. The molecule has 0 saturated carbocycles. The average Bonchev–Trinajstić information content (AvgIpc) is 2.75. The lowest BCUT2D eigenvalue weighted by Crippen LogP contribution is -2.54. The van der Waals surface area contributed by atoms with E-state index in [4.69, 9.17) is 45.4 Å². The Morgan fingerprint density at radius 2 is 1.44 bits per heavy atom. The quantitative estimate of drug-likeness (QED) is 0.418. The summed E-state index contributed by atoms with van der Waals surface area (Å²) in [6, 6.07) is 5.46. The minimum atomic E-state index is -0.0393. The molecule has 2 saturated heterocycles. The Labute approximate surface area is 197 Å². The van der Waals surface area contributed by atoms with E-state index in [-0.39, 0.29) is 24.2 Å². The van der Waals surface area contributed by atoms with Gasteiger partial charge in [-0.2, -0.15) is 15.0 Å². The molecule has 174 valence electrons. The molecule has 2 aliphatic rings. The Hall–Kier alpha value is -1.95. The maximum absolute atomic E-state index is 6.30. The average molecular weight is 481 g/mol. The van der Waals surface area contributed by atoms with E-state index in [1.54, 1.807) is 12.1 Å². The number of aromatic nitrogens is 3. The van der Waals surface area contributed by atoms with Crippen molar-refractivity contribution in [3.05, 3.63) is 28.2 Å². The monoisotopic (exact) mass is 480 g/mol. The van der Waals surface area contributed by atoms with Crippen LogP contribution in [-0.4, -0.2) is 72.3 Å². The number of hydrogen-bond acceptors (Lipinski definition) is 10. The molecule has 12 heteroatoms. The molecule has 2 aromatic rings. The molecule has 8 N–H and O–H groups in total. The first-order chi connectivity index (χ1) is 15.3. The van der Waals surface area contributed by atoms with Crippen LogP contribution in [0.5, 0.6) is 0 Å². The summed E-state index contributed by atoms with van der Waals surface area (Å²) in [5.74, 6) is 1.49. The summed E-state index contributed by atoms with van der Waals surface area (Å²) in [6.07, 6.45) is 1.67. The molecule has 0 radical (unpaired) electrons. The van der Waals surface area contributed by atoms with Crippen LogP contribution in [-0.2, 0) is 0 Å². The Morgan fingerprint density at radius 3 is 2.03 bits per heavy atom. The highest BCUT2D eigenvalue weighted by molar-refractivity contribution is 6.42. The van der Waals surface area contributed by atoms with Crippen LogP contribution in [0.4, 0.5) is 23.5 Å². The van der Waals surface area contributed by atoms with E-state index in [1.165, 1.54) is 0 Å². The van der Waals surface area contributed by atoms with E-state index < -0.39 is 0 Å². The summed E-state index contributed by atoms with van der Waals surface area (Å²) in [5, 5.41) is 7.45. The van der Waals surface area contributed by atoms with Gasteiger partial charge in [-0.15, -0.1) is 0 Å². The topological polar surface area (TPSA) is 147 Å². The maximum atomic E-state index is 6.30. The van der Waals surface area contributed by atoms with Crippen molar-refractivity contribution >= 4 is 46.7 Å². The predicted molar refractivity (Wildman–Crippen MR) is 130 cm³/mol. The van der Waals surface area contributed by atoms with Gasteiger partial charge in [-0.05, 0) is 38.1 Å². The minimum absolute atomic E-state index is 0.0183. The molecule has 0 spiro atoms. The number of hydrogen-bond donors (Lipinski definition) is 5. The fraction of sp³-hybridized carbons (Fsp3) is 0.550. The zero-order valence-electron chi connectivity index (χ0n) is 18.0. The molecule has 2 aliphatic heterocycles. The molecule has 0 aliphatic carbocycles. The Morgan fingerprint density at radius 1 is 0.844 bits per heavy atom. The molecule has 32 heavy (non-hydrogen) atoms. The number of halogens is 2. The van der Waals surface area contributed by atoms with E-state index in [1.807, 2.05) is 18.0 Å². The zero-order chi connectivity index (χ0) is 22.8. The number of rotatable bonds is 5. The van der Waals surface area contributed by atoms with Crippen molar-refractivity contribution in [1.82, 2.24) is 20.3 Å². The first-order valence-electron chi connectivity index (χ1n) is 10.7. The summed E-state index contributed by atoms with van der Waals surface area (Å²) >= 11 is 12.2. The van der Waals surface area contributed by atoms with Gasteiger partial charge in [-0.1, -0.05) is 23.2 Å². The summed E-state index contributed by atoms with van der Waals surface area (Å²) in [7, 11) is 1.94. The van der Waals surface area contributed by atoms with E-state index in [0.717, 1.165) is 25.1 Å².